The maximum absolute atomic E-state index is 12.8. The van der Waals surface area contributed by atoms with Crippen molar-refractivity contribution in [3.63, 3.8) is 0 Å². The summed E-state index contributed by atoms with van der Waals surface area (Å²) in [6, 6.07) is 7.85. The topological polar surface area (TPSA) is 104 Å². The minimum absolute atomic E-state index is 0.0416. The van der Waals surface area contributed by atoms with Gasteiger partial charge >= 0.3 is 0 Å². The second-order valence-electron chi connectivity index (χ2n) is 6.90. The van der Waals surface area contributed by atoms with Crippen molar-refractivity contribution in [2.24, 2.45) is 5.92 Å². The summed E-state index contributed by atoms with van der Waals surface area (Å²) in [4.78, 5) is 48.1. The smallest absolute Gasteiger partial charge is 0.243 e. The molecule has 0 radical (unpaired) electrons. The number of nitrogens with one attached hydrogen (secondary N) is 3. The molecule has 3 N–H and O–H groups in total. The predicted molar refractivity (Wildman–Crippen MR) is 111 cm³/mol. The Morgan fingerprint density at radius 3 is 2.14 bits per heavy atom. The van der Waals surface area contributed by atoms with Crippen LogP contribution < -0.4 is 16.0 Å². The highest BCUT2D eigenvalue weighted by molar-refractivity contribution is 8.14. The zero-order chi connectivity index (χ0) is 21.1. The number of hydrogen-bond donors (Lipinski definition) is 3. The van der Waals surface area contributed by atoms with Gasteiger partial charge in [-0.05, 0) is 17.9 Å². The molecule has 0 aliphatic carbocycles. The monoisotopic (exact) mass is 407 g/mol. The lowest BCUT2D eigenvalue weighted by Crippen LogP contribution is -2.54. The van der Waals surface area contributed by atoms with Gasteiger partial charge in [0.1, 0.15) is 12.1 Å². The van der Waals surface area contributed by atoms with E-state index in [0.29, 0.717) is 12.8 Å². The molecule has 2 atom stereocenters. The van der Waals surface area contributed by atoms with Crippen molar-refractivity contribution in [3.8, 4) is 0 Å². The van der Waals surface area contributed by atoms with Crippen LogP contribution in [0.25, 0.3) is 0 Å². The van der Waals surface area contributed by atoms with E-state index in [9.17, 15) is 19.2 Å². The van der Waals surface area contributed by atoms with Gasteiger partial charge in [-0.15, -0.1) is 0 Å². The molecular weight excluding hydrogens is 378 g/mol. The number of carbonyl (C=O) groups excluding carboxylic acids is 4. The number of likely N-dealkylation sites (N-methyl/N-ethyl adjacent to an activating group) is 1. The summed E-state index contributed by atoms with van der Waals surface area (Å²) in [6.45, 7) is 5.27. The van der Waals surface area contributed by atoms with Crippen molar-refractivity contribution in [2.75, 3.05) is 12.8 Å². The number of amides is 3. The highest BCUT2D eigenvalue weighted by atomic mass is 32.2. The Hall–Kier alpha value is -2.35. The summed E-state index contributed by atoms with van der Waals surface area (Å²) in [5.41, 5.74) is 0.915. The second-order valence-corrected chi connectivity index (χ2v) is 8.05. The van der Waals surface area contributed by atoms with Gasteiger partial charge < -0.3 is 16.0 Å². The van der Waals surface area contributed by atoms with Crippen LogP contribution in [0.1, 0.15) is 32.8 Å². The lowest BCUT2D eigenvalue weighted by molar-refractivity contribution is -0.131. The molecule has 8 heteroatoms. The Bertz CT molecular complexity index is 679. The molecule has 0 bridgehead atoms. The van der Waals surface area contributed by atoms with Crippen LogP contribution in [0.2, 0.25) is 0 Å². The lowest BCUT2D eigenvalue weighted by atomic mass is 10.0. The number of hydrogen-bond acceptors (Lipinski definition) is 5. The molecule has 0 aliphatic rings. The van der Waals surface area contributed by atoms with Crippen LogP contribution in [0.4, 0.5) is 0 Å². The second kappa shape index (κ2) is 12.2. The maximum Gasteiger partial charge on any atom is 0.243 e. The van der Waals surface area contributed by atoms with Gasteiger partial charge in [0.15, 0.2) is 5.12 Å². The van der Waals surface area contributed by atoms with E-state index in [2.05, 4.69) is 16.0 Å². The largest absolute Gasteiger partial charge is 0.357 e. The number of thioether (sulfide) groups is 1. The molecule has 0 spiro atoms. The van der Waals surface area contributed by atoms with Crippen molar-refractivity contribution < 1.29 is 19.2 Å². The first-order valence-corrected chi connectivity index (χ1v) is 10.2. The molecule has 1 rings (SSSR count). The maximum atomic E-state index is 12.8. The van der Waals surface area contributed by atoms with E-state index >= 15 is 0 Å². The third kappa shape index (κ3) is 9.03. The molecule has 154 valence electrons. The fraction of sp³-hybridized carbons (Fsp3) is 0.500. The zero-order valence-corrected chi connectivity index (χ0v) is 17.6. The SMILES string of the molecule is CNC(=O)[C@H](Cc1ccccc1)NC(=O)[C@H](CC(C)C)NC(=O)CSC(C)=O. The van der Waals surface area contributed by atoms with Crippen LogP contribution in [0, 0.1) is 5.92 Å². The van der Waals surface area contributed by atoms with Gasteiger partial charge in [-0.1, -0.05) is 55.9 Å². The summed E-state index contributed by atoms with van der Waals surface area (Å²) < 4.78 is 0. The van der Waals surface area contributed by atoms with Crippen molar-refractivity contribution in [1.82, 2.24) is 16.0 Å². The quantitative estimate of drug-likeness (QED) is 0.542. The first-order valence-electron chi connectivity index (χ1n) is 9.21. The van der Waals surface area contributed by atoms with Gasteiger partial charge in [0, 0.05) is 20.4 Å². The van der Waals surface area contributed by atoms with Gasteiger partial charge in [-0.2, -0.15) is 0 Å². The van der Waals surface area contributed by atoms with E-state index in [0.717, 1.165) is 17.3 Å². The van der Waals surface area contributed by atoms with Crippen LogP contribution in [0.3, 0.4) is 0 Å². The average Bonchev–Trinajstić information content (AvgIpc) is 2.65. The third-order valence-corrected chi connectivity index (χ3v) is 4.74. The Morgan fingerprint density at radius 1 is 0.964 bits per heavy atom. The summed E-state index contributed by atoms with van der Waals surface area (Å²) in [7, 11) is 1.51. The van der Waals surface area contributed by atoms with Gasteiger partial charge in [-0.25, -0.2) is 0 Å². The summed E-state index contributed by atoms with van der Waals surface area (Å²) in [5.74, 6) is -0.997. The molecule has 0 aliphatic heterocycles. The Kier molecular flexibility index (Phi) is 10.3. The molecule has 0 unspecified atom stereocenters. The highest BCUT2D eigenvalue weighted by Crippen LogP contribution is 2.09. The van der Waals surface area contributed by atoms with Crippen molar-refractivity contribution >= 4 is 34.6 Å². The molecule has 0 fully saturated rings. The molecule has 0 heterocycles. The molecule has 3 amide bonds. The van der Waals surface area contributed by atoms with E-state index in [1.165, 1.54) is 14.0 Å². The molecule has 0 aromatic heterocycles. The zero-order valence-electron chi connectivity index (χ0n) is 16.8. The number of carbonyl (C=O) groups is 4. The van der Waals surface area contributed by atoms with Crippen LogP contribution in [0.15, 0.2) is 30.3 Å². The minimum atomic E-state index is -0.775. The summed E-state index contributed by atoms with van der Waals surface area (Å²) >= 11 is 0.889. The number of benzene rings is 1. The normalized spacial score (nSPS) is 12.8. The van der Waals surface area contributed by atoms with Crippen LogP contribution in [0.5, 0.6) is 0 Å². The van der Waals surface area contributed by atoms with Crippen molar-refractivity contribution in [2.45, 2.75) is 45.7 Å². The van der Waals surface area contributed by atoms with Gasteiger partial charge in [0.2, 0.25) is 17.7 Å². The first-order chi connectivity index (χ1) is 13.2. The predicted octanol–water partition coefficient (Wildman–Crippen LogP) is 1.27. The highest BCUT2D eigenvalue weighted by Gasteiger charge is 2.27. The van der Waals surface area contributed by atoms with Gasteiger partial charge in [0.25, 0.3) is 0 Å². The van der Waals surface area contributed by atoms with E-state index in [-0.39, 0.29) is 28.6 Å². The Morgan fingerprint density at radius 2 is 1.61 bits per heavy atom. The minimum Gasteiger partial charge on any atom is -0.357 e. The molecule has 7 nitrogen and oxygen atoms in total. The van der Waals surface area contributed by atoms with E-state index in [1.54, 1.807) is 0 Å². The summed E-state index contributed by atoms with van der Waals surface area (Å²) in [5, 5.41) is 7.82. The molecule has 28 heavy (non-hydrogen) atoms. The van der Waals surface area contributed by atoms with Gasteiger partial charge in [-0.3, -0.25) is 19.2 Å². The Balaban J connectivity index is 2.84. The van der Waals surface area contributed by atoms with Gasteiger partial charge in [0.05, 0.1) is 5.75 Å². The molecule has 0 saturated heterocycles. The first kappa shape index (κ1) is 23.7. The molecule has 0 saturated carbocycles. The van der Waals surface area contributed by atoms with Crippen molar-refractivity contribution in [1.29, 1.82) is 0 Å². The van der Waals surface area contributed by atoms with E-state index < -0.39 is 18.0 Å². The fourth-order valence-corrected chi connectivity index (χ4v) is 3.03. The molecular formula is C20H29N3O4S. The third-order valence-electron chi connectivity index (χ3n) is 3.93. The number of rotatable bonds is 10. The van der Waals surface area contributed by atoms with Crippen LogP contribution in [-0.2, 0) is 25.6 Å². The average molecular weight is 408 g/mol. The summed E-state index contributed by atoms with van der Waals surface area (Å²) in [6.07, 6.45) is 0.767. The Labute approximate surface area is 170 Å². The fourth-order valence-electron chi connectivity index (χ4n) is 2.61. The molecule has 1 aromatic rings. The van der Waals surface area contributed by atoms with Crippen LogP contribution >= 0.6 is 11.8 Å². The van der Waals surface area contributed by atoms with E-state index in [1.807, 2.05) is 44.2 Å². The standard InChI is InChI=1S/C20H29N3O4S/c1-13(2)10-16(22-18(25)12-28-14(3)24)20(27)23-17(19(26)21-4)11-15-8-6-5-7-9-15/h5-9,13,16-17H,10-12H2,1-4H3,(H,21,26)(H,22,25)(H,23,27)/t16-,17-/m0/s1. The van der Waals surface area contributed by atoms with Crippen LogP contribution in [-0.4, -0.2) is 47.7 Å². The molecule has 1 aromatic carbocycles. The van der Waals surface area contributed by atoms with E-state index in [4.69, 9.17) is 0 Å². The van der Waals surface area contributed by atoms with Crippen molar-refractivity contribution in [3.05, 3.63) is 35.9 Å². The lowest BCUT2D eigenvalue weighted by Gasteiger charge is -2.24.